The fourth-order valence-corrected chi connectivity index (χ4v) is 5.63. The van der Waals surface area contributed by atoms with Gasteiger partial charge in [-0.05, 0) is 43.2 Å². The van der Waals surface area contributed by atoms with Gasteiger partial charge in [0.1, 0.15) is 5.01 Å². The number of sulfonamides is 1. The summed E-state index contributed by atoms with van der Waals surface area (Å²) in [5.41, 5.74) is 4.30. The third kappa shape index (κ3) is 3.27. The molecule has 1 aliphatic heterocycles. The maximum atomic E-state index is 12.1. The lowest BCUT2D eigenvalue weighted by Crippen LogP contribution is -2.34. The smallest absolute Gasteiger partial charge is 0.267 e. The van der Waals surface area contributed by atoms with Crippen LogP contribution in [0.2, 0.25) is 0 Å². The highest BCUT2D eigenvalue weighted by molar-refractivity contribution is 7.92. The Morgan fingerprint density at radius 2 is 1.86 bits per heavy atom. The Hall–Kier alpha value is -2.78. The monoisotopic (exact) mass is 415 g/mol. The summed E-state index contributed by atoms with van der Waals surface area (Å²) in [7, 11) is -3.31. The lowest BCUT2D eigenvalue weighted by atomic mass is 10.1. The first kappa shape index (κ1) is 18.6. The summed E-state index contributed by atoms with van der Waals surface area (Å²) in [6.07, 6.45) is 1.89. The number of nitrogens with zero attached hydrogens (tertiary/aromatic N) is 3. The Morgan fingerprint density at radius 3 is 2.50 bits per heavy atom. The summed E-state index contributed by atoms with van der Waals surface area (Å²) >= 11 is 1.46. The summed E-state index contributed by atoms with van der Waals surface area (Å²) in [5.74, 6) is 0. The van der Waals surface area contributed by atoms with Crippen molar-refractivity contribution in [2.75, 3.05) is 10.6 Å². The molecule has 1 aromatic heterocycles. The van der Waals surface area contributed by atoms with Crippen molar-refractivity contribution in [3.05, 3.63) is 63.5 Å². The summed E-state index contributed by atoms with van der Waals surface area (Å²) in [5, 5.41) is 13.5. The number of non-ortho nitro benzene ring substituents is 1. The van der Waals surface area contributed by atoms with Crippen LogP contribution in [0.1, 0.15) is 12.5 Å². The van der Waals surface area contributed by atoms with Crippen LogP contribution in [0.15, 0.2) is 47.8 Å². The van der Waals surface area contributed by atoms with Gasteiger partial charge in [0.25, 0.3) is 5.69 Å². The van der Waals surface area contributed by atoms with Crippen molar-refractivity contribution in [1.29, 1.82) is 0 Å². The molecular formula is C19H17N3O4S2. The zero-order valence-electron chi connectivity index (χ0n) is 15.2. The first-order chi connectivity index (χ1) is 13.2. The minimum absolute atomic E-state index is 0.0451. The van der Waals surface area contributed by atoms with E-state index in [9.17, 15) is 18.5 Å². The Balaban J connectivity index is 1.65. The number of thiazole rings is 1. The van der Waals surface area contributed by atoms with Crippen molar-refractivity contribution >= 4 is 32.7 Å². The molecular weight excluding hydrogens is 398 g/mol. The van der Waals surface area contributed by atoms with Crippen LogP contribution in [0.5, 0.6) is 0 Å². The van der Waals surface area contributed by atoms with E-state index in [1.54, 1.807) is 12.1 Å². The third-order valence-corrected chi connectivity index (χ3v) is 6.88. The molecule has 28 heavy (non-hydrogen) atoms. The largest absolute Gasteiger partial charge is 0.269 e. The fourth-order valence-electron chi connectivity index (χ4n) is 3.53. The van der Waals surface area contributed by atoms with Crippen LogP contribution in [-0.2, 0) is 16.4 Å². The average molecular weight is 415 g/mol. The van der Waals surface area contributed by atoms with E-state index >= 15 is 0 Å². The molecule has 1 unspecified atom stereocenters. The Bertz CT molecular complexity index is 1170. The van der Waals surface area contributed by atoms with Crippen molar-refractivity contribution in [3.8, 4) is 21.8 Å². The van der Waals surface area contributed by atoms with Crippen LogP contribution < -0.4 is 4.31 Å². The highest BCUT2D eigenvalue weighted by Crippen LogP contribution is 2.38. The number of benzene rings is 2. The number of aromatic nitrogens is 1. The van der Waals surface area contributed by atoms with E-state index in [2.05, 4.69) is 4.98 Å². The summed E-state index contributed by atoms with van der Waals surface area (Å²) in [4.78, 5) is 15.0. The Labute approximate surface area is 166 Å². The first-order valence-electron chi connectivity index (χ1n) is 8.57. The lowest BCUT2D eigenvalue weighted by molar-refractivity contribution is -0.384. The van der Waals surface area contributed by atoms with E-state index in [1.807, 2.05) is 30.5 Å². The van der Waals surface area contributed by atoms with Gasteiger partial charge in [-0.3, -0.25) is 14.4 Å². The van der Waals surface area contributed by atoms with Crippen LogP contribution in [0, 0.1) is 10.1 Å². The molecule has 0 saturated heterocycles. The van der Waals surface area contributed by atoms with Gasteiger partial charge < -0.3 is 0 Å². The first-order valence-corrected chi connectivity index (χ1v) is 11.3. The summed E-state index contributed by atoms with van der Waals surface area (Å²) < 4.78 is 25.6. The number of nitro groups is 1. The van der Waals surface area contributed by atoms with Crippen LogP contribution in [0.4, 0.5) is 11.4 Å². The third-order valence-electron chi connectivity index (χ3n) is 4.71. The van der Waals surface area contributed by atoms with Crippen molar-refractivity contribution in [2.24, 2.45) is 0 Å². The maximum Gasteiger partial charge on any atom is 0.269 e. The van der Waals surface area contributed by atoms with Gasteiger partial charge in [0.05, 0.1) is 22.6 Å². The van der Waals surface area contributed by atoms with Gasteiger partial charge in [0.15, 0.2) is 0 Å². The molecule has 0 radical (unpaired) electrons. The second-order valence-electron chi connectivity index (χ2n) is 6.80. The van der Waals surface area contributed by atoms with Crippen LogP contribution in [0.25, 0.3) is 21.8 Å². The molecule has 9 heteroatoms. The van der Waals surface area contributed by atoms with E-state index in [4.69, 9.17) is 0 Å². The zero-order chi connectivity index (χ0) is 20.1. The normalized spacial score (nSPS) is 16.2. The second-order valence-corrected chi connectivity index (χ2v) is 9.51. The number of rotatable bonds is 4. The van der Waals surface area contributed by atoms with Gasteiger partial charge in [0.2, 0.25) is 10.0 Å². The Morgan fingerprint density at radius 1 is 1.18 bits per heavy atom. The van der Waals surface area contributed by atoms with E-state index in [0.717, 1.165) is 33.1 Å². The second kappa shape index (κ2) is 6.68. The minimum Gasteiger partial charge on any atom is -0.267 e. The quantitative estimate of drug-likeness (QED) is 0.472. The molecule has 7 nitrogen and oxygen atoms in total. The molecule has 0 bridgehead atoms. The van der Waals surface area contributed by atoms with Gasteiger partial charge >= 0.3 is 0 Å². The SMILES string of the molecule is CC1Cc2cc(-c3csc(-c4ccc([N+](=O)[O-])cc4)n3)ccc2N1S(C)(=O)=O. The summed E-state index contributed by atoms with van der Waals surface area (Å²) in [6, 6.07) is 11.9. The minimum atomic E-state index is -3.31. The van der Waals surface area contributed by atoms with Gasteiger partial charge in [-0.2, -0.15) is 0 Å². The number of hydrogen-bond acceptors (Lipinski definition) is 6. The van der Waals surface area contributed by atoms with E-state index < -0.39 is 14.9 Å². The molecule has 0 aliphatic carbocycles. The number of fused-ring (bicyclic) bond motifs is 1. The number of anilines is 1. The van der Waals surface area contributed by atoms with Crippen LogP contribution >= 0.6 is 11.3 Å². The highest BCUT2D eigenvalue weighted by atomic mass is 32.2. The predicted molar refractivity (Wildman–Crippen MR) is 110 cm³/mol. The highest BCUT2D eigenvalue weighted by Gasteiger charge is 2.32. The van der Waals surface area contributed by atoms with E-state index in [1.165, 1.54) is 34.0 Å². The maximum absolute atomic E-state index is 12.1. The molecule has 144 valence electrons. The molecule has 0 spiro atoms. The number of hydrogen-bond donors (Lipinski definition) is 0. The molecule has 3 aromatic rings. The molecule has 0 amide bonds. The molecule has 1 aliphatic rings. The number of nitro benzene ring substituents is 1. The summed E-state index contributed by atoms with van der Waals surface area (Å²) in [6.45, 7) is 1.90. The predicted octanol–water partition coefficient (Wildman–Crippen LogP) is 4.10. The molecule has 0 fully saturated rings. The molecule has 4 rings (SSSR count). The van der Waals surface area contributed by atoms with Gasteiger partial charge in [-0.15, -0.1) is 11.3 Å². The van der Waals surface area contributed by atoms with E-state index in [0.29, 0.717) is 6.42 Å². The standard InChI is InChI=1S/C19H17N3O4S2/c1-12-9-15-10-14(5-8-18(15)21(12)28(2,25)26)17-11-27-19(20-17)13-3-6-16(7-4-13)22(23)24/h3-8,10-12H,9H2,1-2H3. The lowest BCUT2D eigenvalue weighted by Gasteiger charge is -2.21. The molecule has 0 saturated carbocycles. The fraction of sp³-hybridized carbons (Fsp3) is 0.211. The topological polar surface area (TPSA) is 93.4 Å². The van der Waals surface area contributed by atoms with Crippen molar-refractivity contribution in [2.45, 2.75) is 19.4 Å². The zero-order valence-corrected chi connectivity index (χ0v) is 16.8. The van der Waals surface area contributed by atoms with E-state index in [-0.39, 0.29) is 11.7 Å². The van der Waals surface area contributed by atoms with Crippen molar-refractivity contribution in [1.82, 2.24) is 4.98 Å². The average Bonchev–Trinajstić information content (AvgIpc) is 3.24. The van der Waals surface area contributed by atoms with Crippen molar-refractivity contribution < 1.29 is 13.3 Å². The molecule has 1 atom stereocenters. The van der Waals surface area contributed by atoms with Crippen LogP contribution in [-0.4, -0.2) is 30.6 Å². The Kier molecular flexibility index (Phi) is 4.43. The molecule has 2 aromatic carbocycles. The van der Waals surface area contributed by atoms with Gasteiger partial charge in [-0.25, -0.2) is 13.4 Å². The molecule has 0 N–H and O–H groups in total. The van der Waals surface area contributed by atoms with Crippen molar-refractivity contribution in [3.63, 3.8) is 0 Å². The van der Waals surface area contributed by atoms with Gasteiger partial charge in [-0.1, -0.05) is 6.07 Å². The van der Waals surface area contributed by atoms with Gasteiger partial charge in [0, 0.05) is 34.7 Å². The molecule has 2 heterocycles. The van der Waals surface area contributed by atoms with Crippen LogP contribution in [0.3, 0.4) is 0 Å².